The fraction of sp³-hybridized carbons (Fsp3) is 0.778. The predicted molar refractivity (Wildman–Crippen MR) is 99.1 cm³/mol. The smallest absolute Gasteiger partial charge is 0.430 e. The molecule has 0 radical (unpaired) electrons. The normalized spacial score (nSPS) is 19.9. The topological polar surface area (TPSA) is 114 Å². The van der Waals surface area contributed by atoms with E-state index in [0.717, 1.165) is 0 Å². The summed E-state index contributed by atoms with van der Waals surface area (Å²) < 4.78 is 15.6. The average Bonchev–Trinajstić information content (AvgIpc) is 2.78. The van der Waals surface area contributed by atoms with Crippen LogP contribution in [-0.2, 0) is 23.8 Å². The van der Waals surface area contributed by atoms with E-state index in [9.17, 15) is 19.2 Å². The fourth-order valence-corrected chi connectivity index (χ4v) is 2.59. The maximum absolute atomic E-state index is 12.9. The van der Waals surface area contributed by atoms with Crippen molar-refractivity contribution >= 4 is 24.1 Å². The summed E-state index contributed by atoms with van der Waals surface area (Å²) in [4.78, 5) is 52.2. The van der Waals surface area contributed by atoms with Gasteiger partial charge < -0.3 is 19.1 Å². The Balaban J connectivity index is 3.39. The molecule has 160 valence electrons. The van der Waals surface area contributed by atoms with Gasteiger partial charge in [0.05, 0.1) is 6.61 Å². The maximum Gasteiger partial charge on any atom is 0.430 e. The van der Waals surface area contributed by atoms with Gasteiger partial charge in [-0.05, 0) is 48.5 Å². The summed E-state index contributed by atoms with van der Waals surface area (Å²) >= 11 is 0. The first kappa shape index (κ1) is 23.5. The summed E-state index contributed by atoms with van der Waals surface area (Å²) in [6.45, 7) is 11.5. The van der Waals surface area contributed by atoms with Crippen LogP contribution in [0.25, 0.3) is 0 Å². The fourth-order valence-electron chi connectivity index (χ4n) is 2.59. The molecule has 28 heavy (non-hydrogen) atoms. The summed E-state index contributed by atoms with van der Waals surface area (Å²) in [5.41, 5.74) is -1.66. The van der Waals surface area contributed by atoms with Gasteiger partial charge in [-0.3, -0.25) is 4.79 Å². The molecular weight excluding hydrogens is 370 g/mol. The Kier molecular flexibility index (Phi) is 6.92. The third-order valence-electron chi connectivity index (χ3n) is 3.68. The van der Waals surface area contributed by atoms with Crippen molar-refractivity contribution in [3.8, 4) is 0 Å². The van der Waals surface area contributed by atoms with Crippen molar-refractivity contribution in [1.82, 2.24) is 15.3 Å². The van der Waals surface area contributed by atoms with Crippen molar-refractivity contribution in [3.63, 3.8) is 0 Å². The molecule has 1 atom stereocenters. The summed E-state index contributed by atoms with van der Waals surface area (Å²) in [6, 6.07) is 0. The lowest BCUT2D eigenvalue weighted by molar-refractivity contribution is -0.165. The van der Waals surface area contributed by atoms with E-state index >= 15 is 0 Å². The monoisotopic (exact) mass is 401 g/mol. The Labute approximate surface area is 165 Å². The highest BCUT2D eigenvalue weighted by atomic mass is 16.6. The number of hydrogen-bond donors (Lipinski definition) is 1. The molecular formula is C18H31N3O7. The number of hydrazine groups is 1. The van der Waals surface area contributed by atoms with E-state index in [1.165, 1.54) is 11.9 Å². The lowest BCUT2D eigenvalue weighted by Gasteiger charge is -2.37. The second-order valence-corrected chi connectivity index (χ2v) is 8.49. The van der Waals surface area contributed by atoms with Crippen LogP contribution < -0.4 is 5.43 Å². The van der Waals surface area contributed by atoms with Crippen LogP contribution in [0.15, 0.2) is 0 Å². The van der Waals surface area contributed by atoms with Crippen molar-refractivity contribution in [3.05, 3.63) is 0 Å². The number of likely N-dealkylation sites (tertiary alicyclic amines) is 1. The van der Waals surface area contributed by atoms with Gasteiger partial charge in [-0.1, -0.05) is 0 Å². The van der Waals surface area contributed by atoms with E-state index in [2.05, 4.69) is 5.43 Å². The molecule has 0 aliphatic carbocycles. The van der Waals surface area contributed by atoms with Gasteiger partial charge >= 0.3 is 18.2 Å². The quantitative estimate of drug-likeness (QED) is 0.332. The molecule has 1 fully saturated rings. The molecule has 0 spiro atoms. The minimum absolute atomic E-state index is 0.00776. The second-order valence-electron chi connectivity index (χ2n) is 8.49. The molecule has 0 saturated carbocycles. The molecule has 0 bridgehead atoms. The number of esters is 1. The summed E-state index contributed by atoms with van der Waals surface area (Å²) in [5, 5.41) is 0.593. The Bertz CT molecular complexity index is 636. The highest BCUT2D eigenvalue weighted by Gasteiger charge is 2.61. The predicted octanol–water partition coefficient (Wildman–Crippen LogP) is 1.83. The molecule has 1 unspecified atom stereocenters. The molecule has 1 rings (SSSR count). The number of carbonyl (C=O) groups is 4. The van der Waals surface area contributed by atoms with Crippen LogP contribution >= 0.6 is 0 Å². The largest absolute Gasteiger partial charge is 0.464 e. The molecule has 10 heteroatoms. The minimum atomic E-state index is -2.08. The Hall–Kier alpha value is -2.52. The van der Waals surface area contributed by atoms with Crippen molar-refractivity contribution in [1.29, 1.82) is 0 Å². The van der Waals surface area contributed by atoms with E-state index in [4.69, 9.17) is 14.2 Å². The van der Waals surface area contributed by atoms with Gasteiger partial charge in [0.1, 0.15) is 11.2 Å². The van der Waals surface area contributed by atoms with Gasteiger partial charge in [0.2, 0.25) is 5.54 Å². The highest BCUT2D eigenvalue weighted by Crippen LogP contribution is 2.31. The van der Waals surface area contributed by atoms with E-state index in [0.29, 0.717) is 5.01 Å². The Morgan fingerprint density at radius 2 is 1.64 bits per heavy atom. The summed E-state index contributed by atoms with van der Waals surface area (Å²) in [7, 11) is 1.49. The van der Waals surface area contributed by atoms with Gasteiger partial charge in [0.25, 0.3) is 5.91 Å². The Morgan fingerprint density at radius 1 is 1.11 bits per heavy atom. The minimum Gasteiger partial charge on any atom is -0.464 e. The molecule has 0 aromatic carbocycles. The molecule has 0 aromatic rings. The molecule has 1 saturated heterocycles. The standard InChI is InChI=1S/C18H31N3O7/c1-9-26-13(23)18(10-11-20(8)12(18)22)21(15(25)28-17(5,6)7)19-14(24)27-16(2,3)4/h9-11H2,1-8H3,(H,19,24). The first-order valence-corrected chi connectivity index (χ1v) is 9.09. The number of carbonyl (C=O) groups excluding carboxylic acids is 4. The number of rotatable bonds is 3. The SMILES string of the molecule is CCOC(=O)C1(N(NC(=O)OC(C)(C)C)C(=O)OC(C)(C)C)CCN(C)C1=O. The van der Waals surface area contributed by atoms with E-state index < -0.39 is 40.8 Å². The molecule has 0 aromatic heterocycles. The molecule has 1 aliphatic heterocycles. The van der Waals surface area contributed by atoms with Gasteiger partial charge in [-0.15, -0.1) is 0 Å². The molecule has 3 amide bonds. The zero-order valence-corrected chi connectivity index (χ0v) is 17.9. The number of nitrogens with zero attached hydrogens (tertiary/aromatic N) is 2. The van der Waals surface area contributed by atoms with Gasteiger partial charge in [-0.25, -0.2) is 19.8 Å². The van der Waals surface area contributed by atoms with Crippen molar-refractivity contribution in [2.75, 3.05) is 20.2 Å². The van der Waals surface area contributed by atoms with Crippen LogP contribution in [0.5, 0.6) is 0 Å². The van der Waals surface area contributed by atoms with Crippen LogP contribution in [0.1, 0.15) is 54.9 Å². The van der Waals surface area contributed by atoms with Crippen LogP contribution in [-0.4, -0.2) is 70.9 Å². The van der Waals surface area contributed by atoms with Crippen LogP contribution in [0.4, 0.5) is 9.59 Å². The van der Waals surface area contributed by atoms with Crippen molar-refractivity contribution in [2.45, 2.75) is 71.6 Å². The maximum atomic E-state index is 12.9. The van der Waals surface area contributed by atoms with E-state index in [-0.39, 0.29) is 19.6 Å². The number of amides is 3. The third-order valence-corrected chi connectivity index (χ3v) is 3.68. The molecule has 1 aliphatic rings. The summed E-state index contributed by atoms with van der Waals surface area (Å²) in [5.74, 6) is -1.64. The van der Waals surface area contributed by atoms with Gasteiger partial charge in [0, 0.05) is 20.0 Å². The molecule has 1 N–H and O–H groups in total. The molecule has 10 nitrogen and oxygen atoms in total. The zero-order valence-electron chi connectivity index (χ0n) is 17.9. The number of ether oxygens (including phenoxy) is 3. The number of nitrogens with one attached hydrogen (secondary N) is 1. The first-order chi connectivity index (χ1) is 12.6. The van der Waals surface area contributed by atoms with Crippen molar-refractivity contribution in [2.24, 2.45) is 0 Å². The lowest BCUT2D eigenvalue weighted by atomic mass is 9.97. The zero-order chi connectivity index (χ0) is 21.9. The van der Waals surface area contributed by atoms with E-state index in [1.54, 1.807) is 48.5 Å². The van der Waals surface area contributed by atoms with Crippen LogP contribution in [0.2, 0.25) is 0 Å². The van der Waals surface area contributed by atoms with Crippen molar-refractivity contribution < 1.29 is 33.4 Å². The number of hydrogen-bond acceptors (Lipinski definition) is 7. The lowest BCUT2D eigenvalue weighted by Crippen LogP contribution is -2.68. The average molecular weight is 401 g/mol. The van der Waals surface area contributed by atoms with Crippen LogP contribution in [0.3, 0.4) is 0 Å². The van der Waals surface area contributed by atoms with Gasteiger partial charge in [-0.2, -0.15) is 5.01 Å². The third kappa shape index (κ3) is 5.49. The summed E-state index contributed by atoms with van der Waals surface area (Å²) in [6.07, 6.45) is -2.16. The molecule has 1 heterocycles. The van der Waals surface area contributed by atoms with Gasteiger partial charge in [0.15, 0.2) is 0 Å². The van der Waals surface area contributed by atoms with E-state index in [1.807, 2.05) is 0 Å². The number of likely N-dealkylation sites (N-methyl/N-ethyl adjacent to an activating group) is 1. The second kappa shape index (κ2) is 8.24. The first-order valence-electron chi connectivity index (χ1n) is 9.09. The highest BCUT2D eigenvalue weighted by molar-refractivity contribution is 6.11. The Morgan fingerprint density at radius 3 is 2.04 bits per heavy atom. The van der Waals surface area contributed by atoms with Crippen LogP contribution in [0, 0.1) is 0 Å².